The molecule has 3 N–H and O–H groups in total. The maximum absolute atomic E-state index is 12.2. The van der Waals surface area contributed by atoms with Gasteiger partial charge >= 0.3 is 0 Å². The summed E-state index contributed by atoms with van der Waals surface area (Å²) in [5.74, 6) is 0.621. The highest BCUT2D eigenvalue weighted by atomic mass is 35.5. The molecule has 0 radical (unpaired) electrons. The van der Waals surface area contributed by atoms with Crippen LogP contribution < -0.4 is 10.5 Å². The van der Waals surface area contributed by atoms with Crippen molar-refractivity contribution >= 4 is 33.1 Å². The topological polar surface area (TPSA) is 98.2 Å². The van der Waals surface area contributed by atoms with Crippen molar-refractivity contribution in [3.63, 3.8) is 0 Å². The highest BCUT2D eigenvalue weighted by Crippen LogP contribution is 2.27. The lowest BCUT2D eigenvalue weighted by molar-refractivity contribution is 0.400. The third-order valence-corrected chi connectivity index (χ3v) is 4.27. The molecule has 0 saturated carbocycles. The molecule has 1 aromatic heterocycles. The third-order valence-electron chi connectivity index (χ3n) is 2.45. The summed E-state index contributed by atoms with van der Waals surface area (Å²) >= 11 is 5.83. The molecule has 2 aromatic rings. The molecule has 0 unspecified atom stereocenters. The number of hydrogen-bond donors (Lipinski definition) is 2. The Balaban J connectivity index is 2.42. The maximum Gasteiger partial charge on any atom is 0.263 e. The van der Waals surface area contributed by atoms with Crippen molar-refractivity contribution in [3.05, 3.63) is 34.5 Å². The van der Waals surface area contributed by atoms with Crippen LogP contribution in [0.4, 0.5) is 11.5 Å². The molecule has 0 atom stereocenters. The molecule has 0 fully saturated rings. The summed E-state index contributed by atoms with van der Waals surface area (Å²) in [6.45, 7) is 3.30. The fourth-order valence-corrected chi connectivity index (χ4v) is 3.03. The van der Waals surface area contributed by atoms with Crippen LogP contribution in [0.3, 0.4) is 0 Å². The van der Waals surface area contributed by atoms with E-state index in [2.05, 4.69) is 9.88 Å². The van der Waals surface area contributed by atoms with E-state index in [9.17, 15) is 8.42 Å². The lowest BCUT2D eigenvalue weighted by Gasteiger charge is -2.10. The second-order valence-electron chi connectivity index (χ2n) is 4.07. The minimum Gasteiger partial charge on any atom is -0.397 e. The highest BCUT2D eigenvalue weighted by Gasteiger charge is 2.20. The second kappa shape index (κ2) is 4.75. The Morgan fingerprint density at radius 1 is 1.32 bits per heavy atom. The number of hydrogen-bond acceptors (Lipinski definition) is 5. The zero-order valence-electron chi connectivity index (χ0n) is 10.3. The van der Waals surface area contributed by atoms with Gasteiger partial charge in [-0.2, -0.15) is 0 Å². The van der Waals surface area contributed by atoms with Crippen molar-refractivity contribution < 1.29 is 12.9 Å². The summed E-state index contributed by atoms with van der Waals surface area (Å²) in [5.41, 5.74) is 6.32. The van der Waals surface area contributed by atoms with Gasteiger partial charge in [-0.05, 0) is 31.5 Å². The zero-order chi connectivity index (χ0) is 14.2. The molecule has 0 bridgehead atoms. The lowest BCUT2D eigenvalue weighted by atomic mass is 10.2. The molecule has 0 amide bonds. The van der Waals surface area contributed by atoms with Gasteiger partial charge in [0.15, 0.2) is 5.82 Å². The third kappa shape index (κ3) is 2.82. The van der Waals surface area contributed by atoms with Crippen LogP contribution in [0.25, 0.3) is 0 Å². The van der Waals surface area contributed by atoms with Gasteiger partial charge in [0.1, 0.15) is 5.76 Å². The molecular formula is C11H12ClN3O3S. The average Bonchev–Trinajstić information content (AvgIpc) is 2.68. The molecule has 0 saturated heterocycles. The number of nitrogens with one attached hydrogen (secondary N) is 1. The molecule has 19 heavy (non-hydrogen) atoms. The van der Waals surface area contributed by atoms with Crippen LogP contribution in [0.1, 0.15) is 11.3 Å². The molecule has 2 rings (SSSR count). The monoisotopic (exact) mass is 301 g/mol. The Kier molecular flexibility index (Phi) is 3.42. The van der Waals surface area contributed by atoms with E-state index < -0.39 is 10.0 Å². The molecule has 6 nitrogen and oxygen atoms in total. The number of aromatic nitrogens is 1. The standard InChI is InChI=1S/C11H12ClN3O3S/c1-6-3-8(12)9(13)5-10(6)19(16,17)15-11-4-7(2)18-14-11/h3-5H,13H2,1-2H3,(H,14,15). The van der Waals surface area contributed by atoms with Gasteiger partial charge in [0, 0.05) is 6.07 Å². The van der Waals surface area contributed by atoms with E-state index in [1.165, 1.54) is 18.2 Å². The van der Waals surface area contributed by atoms with E-state index >= 15 is 0 Å². The largest absolute Gasteiger partial charge is 0.397 e. The van der Waals surface area contributed by atoms with Crippen LogP contribution >= 0.6 is 11.6 Å². The van der Waals surface area contributed by atoms with Crippen LogP contribution in [0.15, 0.2) is 27.6 Å². The van der Waals surface area contributed by atoms with Crippen LogP contribution in [0.2, 0.25) is 5.02 Å². The first-order valence-corrected chi connectivity index (χ1v) is 7.17. The van der Waals surface area contributed by atoms with Crippen molar-refractivity contribution in [1.82, 2.24) is 5.16 Å². The van der Waals surface area contributed by atoms with Gasteiger partial charge in [0.2, 0.25) is 0 Å². The van der Waals surface area contributed by atoms with Gasteiger partial charge < -0.3 is 10.3 Å². The van der Waals surface area contributed by atoms with E-state index in [1.54, 1.807) is 13.8 Å². The molecule has 1 heterocycles. The molecule has 102 valence electrons. The molecule has 8 heteroatoms. The highest BCUT2D eigenvalue weighted by molar-refractivity contribution is 7.92. The van der Waals surface area contributed by atoms with Gasteiger partial charge in [0.05, 0.1) is 15.6 Å². The number of rotatable bonds is 3. The number of halogens is 1. The van der Waals surface area contributed by atoms with Crippen molar-refractivity contribution in [2.45, 2.75) is 18.7 Å². The van der Waals surface area contributed by atoms with Crippen molar-refractivity contribution in [2.75, 3.05) is 10.5 Å². The Labute approximate surface area is 115 Å². The van der Waals surface area contributed by atoms with E-state index in [0.29, 0.717) is 16.3 Å². The minimum absolute atomic E-state index is 0.0510. The average molecular weight is 302 g/mol. The van der Waals surface area contributed by atoms with Crippen molar-refractivity contribution in [3.8, 4) is 0 Å². The summed E-state index contributed by atoms with van der Waals surface area (Å²) in [6.07, 6.45) is 0. The first kappa shape index (κ1) is 13.7. The van der Waals surface area contributed by atoms with Crippen molar-refractivity contribution in [1.29, 1.82) is 0 Å². The lowest BCUT2D eigenvalue weighted by Crippen LogP contribution is -2.15. The summed E-state index contributed by atoms with van der Waals surface area (Å²) in [5, 5.41) is 3.89. The second-order valence-corrected chi connectivity index (χ2v) is 6.13. The Morgan fingerprint density at radius 3 is 2.58 bits per heavy atom. The molecule has 1 aromatic carbocycles. The smallest absolute Gasteiger partial charge is 0.263 e. The maximum atomic E-state index is 12.2. The summed E-state index contributed by atoms with van der Waals surface area (Å²) < 4.78 is 31.5. The molecule has 0 aliphatic heterocycles. The first-order chi connectivity index (χ1) is 8.79. The Morgan fingerprint density at radius 2 is 2.00 bits per heavy atom. The number of sulfonamides is 1. The normalized spacial score (nSPS) is 11.5. The van der Waals surface area contributed by atoms with E-state index in [-0.39, 0.29) is 16.4 Å². The molecular weight excluding hydrogens is 290 g/mol. The van der Waals surface area contributed by atoms with Gasteiger partial charge in [-0.15, -0.1) is 0 Å². The SMILES string of the molecule is Cc1cc(NS(=O)(=O)c2cc(N)c(Cl)cc2C)no1. The summed E-state index contributed by atoms with van der Waals surface area (Å²) in [6, 6.07) is 4.29. The van der Waals surface area contributed by atoms with Crippen LogP contribution in [0, 0.1) is 13.8 Å². The van der Waals surface area contributed by atoms with Crippen molar-refractivity contribution in [2.24, 2.45) is 0 Å². The summed E-state index contributed by atoms with van der Waals surface area (Å²) in [7, 11) is -3.78. The number of nitrogens with zero attached hydrogens (tertiary/aromatic N) is 1. The number of nitrogens with two attached hydrogens (primary N) is 1. The van der Waals surface area contributed by atoms with E-state index in [0.717, 1.165) is 0 Å². The Bertz CT molecular complexity index is 725. The fraction of sp³-hybridized carbons (Fsp3) is 0.182. The summed E-state index contributed by atoms with van der Waals surface area (Å²) in [4.78, 5) is 0.0510. The van der Waals surface area contributed by atoms with Crippen LogP contribution in [-0.2, 0) is 10.0 Å². The van der Waals surface area contributed by atoms with Gasteiger partial charge in [-0.1, -0.05) is 16.8 Å². The Hall–Kier alpha value is -1.73. The molecule has 0 aliphatic carbocycles. The predicted octanol–water partition coefficient (Wildman–Crippen LogP) is 2.33. The molecule has 0 aliphatic rings. The number of nitrogen functional groups attached to an aromatic ring is 1. The van der Waals surface area contributed by atoms with E-state index in [1.807, 2.05) is 0 Å². The van der Waals surface area contributed by atoms with Crippen LogP contribution in [-0.4, -0.2) is 13.6 Å². The van der Waals surface area contributed by atoms with Gasteiger partial charge in [0.25, 0.3) is 10.0 Å². The van der Waals surface area contributed by atoms with Gasteiger partial charge in [-0.25, -0.2) is 8.42 Å². The van der Waals surface area contributed by atoms with E-state index in [4.69, 9.17) is 21.9 Å². The minimum atomic E-state index is -3.78. The van der Waals surface area contributed by atoms with Crippen LogP contribution in [0.5, 0.6) is 0 Å². The molecule has 0 spiro atoms. The van der Waals surface area contributed by atoms with Gasteiger partial charge in [-0.3, -0.25) is 4.72 Å². The fourth-order valence-electron chi connectivity index (χ4n) is 1.57. The first-order valence-electron chi connectivity index (χ1n) is 5.31. The number of aryl methyl sites for hydroxylation is 2. The number of anilines is 2. The zero-order valence-corrected chi connectivity index (χ0v) is 11.8. The quantitative estimate of drug-likeness (QED) is 0.848. The number of benzene rings is 1. The predicted molar refractivity (Wildman–Crippen MR) is 72.6 cm³/mol.